The summed E-state index contributed by atoms with van der Waals surface area (Å²) in [5, 5.41) is 11.4. The molecule has 0 radical (unpaired) electrons. The minimum absolute atomic E-state index is 0.224. The number of hydrogen-bond donors (Lipinski definition) is 2. The quantitative estimate of drug-likeness (QED) is 0.841. The fraction of sp³-hybridized carbons (Fsp3) is 0.385. The van der Waals surface area contributed by atoms with Crippen molar-refractivity contribution in [2.45, 2.75) is 32.5 Å². The molecule has 0 aliphatic rings. The maximum atomic E-state index is 12.0. The number of benzene rings is 1. The van der Waals surface area contributed by atoms with Crippen molar-refractivity contribution in [1.29, 1.82) is 0 Å². The van der Waals surface area contributed by atoms with Gasteiger partial charge in [0, 0.05) is 10.2 Å². The van der Waals surface area contributed by atoms with Gasteiger partial charge in [0.1, 0.15) is 6.10 Å². The number of carbonyl (C=O) groups excluding carboxylic acids is 1. The van der Waals surface area contributed by atoms with Gasteiger partial charge in [0.2, 0.25) is 0 Å². The first-order chi connectivity index (χ1) is 8.88. The van der Waals surface area contributed by atoms with Crippen LogP contribution in [0.2, 0.25) is 0 Å². The number of rotatable bonds is 6. The van der Waals surface area contributed by atoms with Crippen LogP contribution in [-0.2, 0) is 14.3 Å². The highest BCUT2D eigenvalue weighted by Gasteiger charge is 2.23. The van der Waals surface area contributed by atoms with E-state index in [1.165, 1.54) is 0 Å². The first-order valence-electron chi connectivity index (χ1n) is 5.82. The van der Waals surface area contributed by atoms with Gasteiger partial charge >= 0.3 is 5.97 Å². The van der Waals surface area contributed by atoms with Crippen molar-refractivity contribution >= 4 is 33.5 Å². The van der Waals surface area contributed by atoms with Crippen molar-refractivity contribution in [3.8, 4) is 0 Å². The molecule has 2 N–H and O–H groups in total. The molecule has 1 rings (SSSR count). The fourth-order valence-corrected chi connectivity index (χ4v) is 1.88. The number of carboxylic acid groups (broad SMARTS) is 1. The Hall–Kier alpha value is -1.40. The number of anilines is 1. The Balaban J connectivity index is 2.73. The van der Waals surface area contributed by atoms with Crippen LogP contribution in [0.3, 0.4) is 0 Å². The summed E-state index contributed by atoms with van der Waals surface area (Å²) in [5.74, 6) is -1.54. The Morgan fingerprint density at radius 1 is 1.42 bits per heavy atom. The zero-order valence-corrected chi connectivity index (χ0v) is 12.3. The molecule has 1 amide bonds. The molecule has 19 heavy (non-hydrogen) atoms. The first kappa shape index (κ1) is 15.7. The van der Waals surface area contributed by atoms with E-state index in [0.29, 0.717) is 5.69 Å². The van der Waals surface area contributed by atoms with Gasteiger partial charge in [-0.3, -0.25) is 9.59 Å². The molecule has 1 unspecified atom stereocenters. The summed E-state index contributed by atoms with van der Waals surface area (Å²) in [4.78, 5) is 22.7. The van der Waals surface area contributed by atoms with Crippen LogP contribution in [0.1, 0.15) is 20.3 Å². The van der Waals surface area contributed by atoms with Crippen molar-refractivity contribution in [3.63, 3.8) is 0 Å². The van der Waals surface area contributed by atoms with Gasteiger partial charge in [-0.05, 0) is 32.0 Å². The van der Waals surface area contributed by atoms with E-state index < -0.39 is 18.0 Å². The first-order valence-corrected chi connectivity index (χ1v) is 6.61. The van der Waals surface area contributed by atoms with Crippen LogP contribution >= 0.6 is 15.9 Å². The summed E-state index contributed by atoms with van der Waals surface area (Å²) in [6, 6.07) is 7.05. The largest absolute Gasteiger partial charge is 0.481 e. The van der Waals surface area contributed by atoms with E-state index in [9.17, 15) is 9.59 Å². The summed E-state index contributed by atoms with van der Waals surface area (Å²) in [6.45, 7) is 3.50. The second-order valence-electron chi connectivity index (χ2n) is 4.27. The standard InChI is InChI=1S/C13H16BrNO4/c1-8(2)19-11(7-12(16)17)13(18)15-10-5-3-4-9(14)6-10/h3-6,8,11H,7H2,1-2H3,(H,15,18)(H,16,17). The highest BCUT2D eigenvalue weighted by molar-refractivity contribution is 9.10. The van der Waals surface area contributed by atoms with E-state index >= 15 is 0 Å². The van der Waals surface area contributed by atoms with Crippen LogP contribution in [0, 0.1) is 0 Å². The molecule has 0 saturated carbocycles. The lowest BCUT2D eigenvalue weighted by Crippen LogP contribution is -2.34. The van der Waals surface area contributed by atoms with Crippen LogP contribution in [0.4, 0.5) is 5.69 Å². The number of halogens is 1. The van der Waals surface area contributed by atoms with Crippen molar-refractivity contribution in [2.24, 2.45) is 0 Å². The molecule has 0 spiro atoms. The molecule has 1 aromatic carbocycles. The molecule has 0 aliphatic carbocycles. The number of carbonyl (C=O) groups is 2. The second kappa shape index (κ2) is 7.25. The number of nitrogens with one attached hydrogen (secondary N) is 1. The molecule has 5 nitrogen and oxygen atoms in total. The predicted octanol–water partition coefficient (Wildman–Crippen LogP) is 2.66. The number of carboxylic acids is 1. The topological polar surface area (TPSA) is 75.6 Å². The molecule has 6 heteroatoms. The van der Waals surface area contributed by atoms with Crippen molar-refractivity contribution in [3.05, 3.63) is 28.7 Å². The minimum Gasteiger partial charge on any atom is -0.481 e. The number of ether oxygens (including phenoxy) is 1. The molecule has 0 heterocycles. The molecule has 0 fully saturated rings. The average molecular weight is 330 g/mol. The van der Waals surface area contributed by atoms with Gasteiger partial charge in [-0.25, -0.2) is 0 Å². The molecular weight excluding hydrogens is 314 g/mol. The van der Waals surface area contributed by atoms with E-state index in [1.54, 1.807) is 32.0 Å². The van der Waals surface area contributed by atoms with Gasteiger partial charge in [0.05, 0.1) is 12.5 Å². The Morgan fingerprint density at radius 2 is 2.11 bits per heavy atom. The van der Waals surface area contributed by atoms with Crippen LogP contribution in [0.15, 0.2) is 28.7 Å². The van der Waals surface area contributed by atoms with Gasteiger partial charge in [-0.2, -0.15) is 0 Å². The predicted molar refractivity (Wildman–Crippen MR) is 75.0 cm³/mol. The van der Waals surface area contributed by atoms with Crippen LogP contribution in [0.25, 0.3) is 0 Å². The smallest absolute Gasteiger partial charge is 0.306 e. The zero-order chi connectivity index (χ0) is 14.4. The average Bonchev–Trinajstić information content (AvgIpc) is 2.26. The van der Waals surface area contributed by atoms with Gasteiger partial charge in [0.15, 0.2) is 0 Å². The zero-order valence-electron chi connectivity index (χ0n) is 10.7. The molecule has 0 bridgehead atoms. The van der Waals surface area contributed by atoms with Gasteiger partial charge in [-0.1, -0.05) is 22.0 Å². The maximum absolute atomic E-state index is 12.0. The molecule has 0 aliphatic heterocycles. The Morgan fingerprint density at radius 3 is 2.63 bits per heavy atom. The SMILES string of the molecule is CC(C)OC(CC(=O)O)C(=O)Nc1cccc(Br)c1. The molecule has 1 aromatic rings. The summed E-state index contributed by atoms with van der Waals surface area (Å²) < 4.78 is 6.14. The summed E-state index contributed by atoms with van der Waals surface area (Å²) in [5.41, 5.74) is 0.585. The summed E-state index contributed by atoms with van der Waals surface area (Å²) >= 11 is 3.29. The second-order valence-corrected chi connectivity index (χ2v) is 5.19. The van der Waals surface area contributed by atoms with Crippen LogP contribution < -0.4 is 5.32 Å². The molecule has 104 valence electrons. The lowest BCUT2D eigenvalue weighted by atomic mass is 10.2. The summed E-state index contributed by atoms with van der Waals surface area (Å²) in [6.07, 6.45) is -1.59. The number of amides is 1. The van der Waals surface area contributed by atoms with Crippen molar-refractivity contribution < 1.29 is 19.4 Å². The normalized spacial score (nSPS) is 12.2. The molecular formula is C13H16BrNO4. The monoisotopic (exact) mass is 329 g/mol. The van der Waals surface area contributed by atoms with E-state index in [4.69, 9.17) is 9.84 Å². The van der Waals surface area contributed by atoms with Gasteiger partial charge in [0.25, 0.3) is 5.91 Å². The number of hydrogen-bond acceptors (Lipinski definition) is 3. The third-order valence-electron chi connectivity index (χ3n) is 2.18. The third-order valence-corrected chi connectivity index (χ3v) is 2.67. The maximum Gasteiger partial charge on any atom is 0.306 e. The van der Waals surface area contributed by atoms with Crippen molar-refractivity contribution in [1.82, 2.24) is 0 Å². The van der Waals surface area contributed by atoms with E-state index in [-0.39, 0.29) is 12.5 Å². The fourth-order valence-electron chi connectivity index (χ4n) is 1.48. The van der Waals surface area contributed by atoms with Crippen molar-refractivity contribution in [2.75, 3.05) is 5.32 Å². The highest BCUT2D eigenvalue weighted by Crippen LogP contribution is 2.16. The van der Waals surface area contributed by atoms with E-state index in [0.717, 1.165) is 4.47 Å². The number of aliphatic carboxylic acids is 1. The van der Waals surface area contributed by atoms with E-state index in [2.05, 4.69) is 21.2 Å². The van der Waals surface area contributed by atoms with Crippen LogP contribution in [0.5, 0.6) is 0 Å². The van der Waals surface area contributed by atoms with Gasteiger partial charge < -0.3 is 15.2 Å². The molecule has 0 saturated heterocycles. The Kier molecular flexibility index (Phi) is 5.98. The third kappa shape index (κ3) is 5.85. The Bertz CT molecular complexity index is 462. The highest BCUT2D eigenvalue weighted by atomic mass is 79.9. The molecule has 1 atom stereocenters. The lowest BCUT2D eigenvalue weighted by Gasteiger charge is -2.18. The Labute approximate surface area is 120 Å². The van der Waals surface area contributed by atoms with E-state index in [1.807, 2.05) is 6.07 Å². The lowest BCUT2D eigenvalue weighted by molar-refractivity contribution is -0.146. The minimum atomic E-state index is -1.07. The van der Waals surface area contributed by atoms with Crippen LogP contribution in [-0.4, -0.2) is 29.2 Å². The molecule has 0 aromatic heterocycles. The summed E-state index contributed by atoms with van der Waals surface area (Å²) in [7, 11) is 0. The van der Waals surface area contributed by atoms with Gasteiger partial charge in [-0.15, -0.1) is 0 Å².